The summed E-state index contributed by atoms with van der Waals surface area (Å²) in [6, 6.07) is 9.56. The molecule has 1 aromatic rings. The normalized spacial score (nSPS) is 20.1. The van der Waals surface area contributed by atoms with Crippen LogP contribution in [0.3, 0.4) is 0 Å². The minimum atomic E-state index is 0.656. The predicted octanol–water partition coefficient (Wildman–Crippen LogP) is 2.68. The molecule has 0 saturated carbocycles. The zero-order chi connectivity index (χ0) is 13.0. The molecule has 100 valence electrons. The van der Waals surface area contributed by atoms with Crippen LogP contribution < -0.4 is 5.32 Å². The molecule has 1 heterocycles. The van der Waals surface area contributed by atoms with Gasteiger partial charge in [-0.2, -0.15) is 0 Å². The molecule has 0 bridgehead atoms. The Balaban J connectivity index is 2.07. The first-order chi connectivity index (χ1) is 8.70. The quantitative estimate of drug-likeness (QED) is 0.859. The zero-order valence-electron chi connectivity index (χ0n) is 11.9. The molecule has 0 amide bonds. The van der Waals surface area contributed by atoms with Gasteiger partial charge in [0, 0.05) is 19.1 Å². The van der Waals surface area contributed by atoms with E-state index < -0.39 is 0 Å². The third kappa shape index (κ3) is 3.33. The first kappa shape index (κ1) is 13.6. The number of likely N-dealkylation sites (N-methyl/N-ethyl adjacent to an activating group) is 1. The van der Waals surface area contributed by atoms with E-state index in [-0.39, 0.29) is 0 Å². The van der Waals surface area contributed by atoms with Crippen molar-refractivity contribution in [2.45, 2.75) is 39.3 Å². The summed E-state index contributed by atoms with van der Waals surface area (Å²) in [7, 11) is 2.06. The lowest BCUT2D eigenvalue weighted by atomic mass is 9.93. The Bertz CT molecular complexity index is 373. The second kappa shape index (κ2) is 6.35. The van der Waals surface area contributed by atoms with E-state index in [0.717, 1.165) is 19.0 Å². The Morgan fingerprint density at radius 1 is 1.28 bits per heavy atom. The highest BCUT2D eigenvalue weighted by atomic mass is 15.2. The number of nitrogens with zero attached hydrogens (tertiary/aromatic N) is 1. The average Bonchev–Trinajstić information content (AvgIpc) is 2.36. The van der Waals surface area contributed by atoms with Crippen LogP contribution in [0, 0.1) is 5.92 Å². The van der Waals surface area contributed by atoms with Crippen molar-refractivity contribution in [2.75, 3.05) is 20.1 Å². The van der Waals surface area contributed by atoms with Gasteiger partial charge in [-0.1, -0.05) is 38.1 Å². The Morgan fingerprint density at radius 2 is 2.00 bits per heavy atom. The Hall–Kier alpha value is -0.860. The number of fused-ring (bicyclic) bond motifs is 1. The maximum absolute atomic E-state index is 3.34. The lowest BCUT2D eigenvalue weighted by molar-refractivity contribution is 0.161. The standard InChI is InChI=1S/C16H26N2/c1-13(2)8-9-18-12-15-7-5-4-6-14(15)10-16(18)11-17-3/h4-7,13,16-17H,8-12H2,1-3H3. The zero-order valence-corrected chi connectivity index (χ0v) is 11.9. The van der Waals surface area contributed by atoms with Gasteiger partial charge in [-0.3, -0.25) is 4.90 Å². The molecule has 0 radical (unpaired) electrons. The summed E-state index contributed by atoms with van der Waals surface area (Å²) in [5.41, 5.74) is 3.06. The SMILES string of the molecule is CNCC1Cc2ccccc2CN1CCC(C)C. The molecule has 0 aliphatic carbocycles. The van der Waals surface area contributed by atoms with Crippen molar-refractivity contribution in [3.05, 3.63) is 35.4 Å². The fourth-order valence-corrected chi connectivity index (χ4v) is 2.76. The minimum absolute atomic E-state index is 0.656. The molecular weight excluding hydrogens is 220 g/mol. The molecule has 1 aliphatic heterocycles. The predicted molar refractivity (Wildman–Crippen MR) is 77.7 cm³/mol. The minimum Gasteiger partial charge on any atom is -0.318 e. The van der Waals surface area contributed by atoms with Crippen molar-refractivity contribution >= 4 is 0 Å². The molecule has 2 nitrogen and oxygen atoms in total. The smallest absolute Gasteiger partial charge is 0.0264 e. The second-order valence-corrected chi connectivity index (χ2v) is 5.84. The van der Waals surface area contributed by atoms with Gasteiger partial charge in [-0.25, -0.2) is 0 Å². The Kier molecular flexibility index (Phi) is 4.79. The van der Waals surface area contributed by atoms with Gasteiger partial charge in [0.05, 0.1) is 0 Å². The van der Waals surface area contributed by atoms with Crippen LogP contribution in [0.15, 0.2) is 24.3 Å². The molecular formula is C16H26N2. The van der Waals surface area contributed by atoms with Crippen molar-refractivity contribution in [1.82, 2.24) is 10.2 Å². The second-order valence-electron chi connectivity index (χ2n) is 5.84. The average molecular weight is 246 g/mol. The van der Waals surface area contributed by atoms with Gasteiger partial charge in [0.2, 0.25) is 0 Å². The summed E-state index contributed by atoms with van der Waals surface area (Å²) < 4.78 is 0. The van der Waals surface area contributed by atoms with Gasteiger partial charge in [0.15, 0.2) is 0 Å². The van der Waals surface area contributed by atoms with Gasteiger partial charge in [-0.05, 0) is 43.5 Å². The molecule has 0 saturated heterocycles. The summed E-state index contributed by atoms with van der Waals surface area (Å²) in [6.07, 6.45) is 2.48. The van der Waals surface area contributed by atoms with Gasteiger partial charge >= 0.3 is 0 Å². The Labute approximate surface area is 111 Å². The van der Waals surface area contributed by atoms with E-state index in [1.165, 1.54) is 24.9 Å². The van der Waals surface area contributed by atoms with E-state index in [1.54, 1.807) is 5.56 Å². The van der Waals surface area contributed by atoms with Crippen LogP contribution in [-0.4, -0.2) is 31.1 Å². The van der Waals surface area contributed by atoms with Crippen molar-refractivity contribution in [3.8, 4) is 0 Å². The van der Waals surface area contributed by atoms with Crippen LogP contribution in [-0.2, 0) is 13.0 Å². The number of rotatable bonds is 5. The fraction of sp³-hybridized carbons (Fsp3) is 0.625. The summed E-state index contributed by atoms with van der Waals surface area (Å²) >= 11 is 0. The first-order valence-corrected chi connectivity index (χ1v) is 7.16. The number of hydrogen-bond donors (Lipinski definition) is 1. The monoisotopic (exact) mass is 246 g/mol. The molecule has 18 heavy (non-hydrogen) atoms. The van der Waals surface area contributed by atoms with Gasteiger partial charge in [0.1, 0.15) is 0 Å². The van der Waals surface area contributed by atoms with Gasteiger partial charge in [-0.15, -0.1) is 0 Å². The Morgan fingerprint density at radius 3 is 2.67 bits per heavy atom. The molecule has 1 N–H and O–H groups in total. The number of nitrogens with one attached hydrogen (secondary N) is 1. The first-order valence-electron chi connectivity index (χ1n) is 7.16. The highest BCUT2D eigenvalue weighted by molar-refractivity contribution is 5.30. The molecule has 1 atom stereocenters. The lowest BCUT2D eigenvalue weighted by Crippen LogP contribution is -2.46. The molecule has 2 rings (SSSR count). The molecule has 1 unspecified atom stereocenters. The molecule has 1 aliphatic rings. The number of hydrogen-bond acceptors (Lipinski definition) is 2. The van der Waals surface area contributed by atoms with Crippen LogP contribution in [0.1, 0.15) is 31.4 Å². The van der Waals surface area contributed by atoms with Crippen LogP contribution in [0.4, 0.5) is 0 Å². The maximum atomic E-state index is 3.34. The summed E-state index contributed by atoms with van der Waals surface area (Å²) in [5.74, 6) is 0.789. The summed E-state index contributed by atoms with van der Waals surface area (Å²) in [5, 5.41) is 3.34. The third-order valence-electron chi connectivity index (χ3n) is 3.90. The molecule has 0 spiro atoms. The van der Waals surface area contributed by atoms with Gasteiger partial charge in [0.25, 0.3) is 0 Å². The molecule has 1 aromatic carbocycles. The van der Waals surface area contributed by atoms with E-state index in [4.69, 9.17) is 0 Å². The largest absolute Gasteiger partial charge is 0.318 e. The van der Waals surface area contributed by atoms with Crippen molar-refractivity contribution in [3.63, 3.8) is 0 Å². The maximum Gasteiger partial charge on any atom is 0.0264 e. The van der Waals surface area contributed by atoms with E-state index in [1.807, 2.05) is 0 Å². The van der Waals surface area contributed by atoms with Crippen LogP contribution in [0.25, 0.3) is 0 Å². The third-order valence-corrected chi connectivity index (χ3v) is 3.90. The fourth-order valence-electron chi connectivity index (χ4n) is 2.76. The molecule has 0 fully saturated rings. The van der Waals surface area contributed by atoms with Gasteiger partial charge < -0.3 is 5.32 Å². The van der Waals surface area contributed by atoms with Crippen LogP contribution in [0.2, 0.25) is 0 Å². The van der Waals surface area contributed by atoms with E-state index in [9.17, 15) is 0 Å². The van der Waals surface area contributed by atoms with Crippen molar-refractivity contribution < 1.29 is 0 Å². The number of benzene rings is 1. The highest BCUT2D eigenvalue weighted by Crippen LogP contribution is 2.23. The summed E-state index contributed by atoms with van der Waals surface area (Å²) in [6.45, 7) is 8.05. The molecule has 2 heteroatoms. The van der Waals surface area contributed by atoms with E-state index in [0.29, 0.717) is 6.04 Å². The van der Waals surface area contributed by atoms with Crippen LogP contribution in [0.5, 0.6) is 0 Å². The molecule has 0 aromatic heterocycles. The highest BCUT2D eigenvalue weighted by Gasteiger charge is 2.24. The van der Waals surface area contributed by atoms with Crippen molar-refractivity contribution in [2.24, 2.45) is 5.92 Å². The van der Waals surface area contributed by atoms with E-state index in [2.05, 4.69) is 55.4 Å². The topological polar surface area (TPSA) is 15.3 Å². The van der Waals surface area contributed by atoms with Crippen molar-refractivity contribution in [1.29, 1.82) is 0 Å². The summed E-state index contributed by atoms with van der Waals surface area (Å²) in [4.78, 5) is 2.65. The van der Waals surface area contributed by atoms with Crippen LogP contribution >= 0.6 is 0 Å². The lowest BCUT2D eigenvalue weighted by Gasteiger charge is -2.37. The van der Waals surface area contributed by atoms with E-state index >= 15 is 0 Å².